The Morgan fingerprint density at radius 3 is 2.29 bits per heavy atom. The van der Waals surface area contributed by atoms with Crippen molar-refractivity contribution in [2.75, 3.05) is 55.6 Å². The number of carbonyl (C=O) groups excluding carboxylic acids is 3. The highest BCUT2D eigenvalue weighted by Gasteiger charge is 2.64. The molecular formula is C45H51ClN8O5. The number of halogens is 1. The Bertz CT molecular complexity index is 2360. The van der Waals surface area contributed by atoms with Crippen LogP contribution in [0.2, 0.25) is 5.02 Å². The number of hydrogen-bond acceptors (Lipinski definition) is 10. The number of amides is 3. The number of benzene rings is 3. The van der Waals surface area contributed by atoms with E-state index in [4.69, 9.17) is 16.3 Å². The number of nitrogens with one attached hydrogen (secondary N) is 2. The van der Waals surface area contributed by atoms with Crippen molar-refractivity contribution >= 4 is 51.5 Å². The molecule has 8 rings (SSSR count). The van der Waals surface area contributed by atoms with E-state index in [0.717, 1.165) is 75.4 Å². The van der Waals surface area contributed by atoms with Gasteiger partial charge in [-0.05, 0) is 73.7 Å². The van der Waals surface area contributed by atoms with E-state index in [-0.39, 0.29) is 53.2 Å². The molecule has 0 spiro atoms. The molecule has 3 aromatic carbocycles. The van der Waals surface area contributed by atoms with Crippen LogP contribution in [0, 0.1) is 28.1 Å². The molecule has 0 bridgehead atoms. The fourth-order valence-corrected chi connectivity index (χ4v) is 10.3. The standard InChI is InChI=1S/C45H51ClN8O5/c1-44(2)42(45(3,4)43(44)59-32-13-10-30(25-47)35(46)24-32)50-39(56)29-8-11-31(12-9-29)52-18-16-28(17-19-52)27-51-20-22-53(23-21-51)36-7-5-6-33-34(36)26-48-54(41(33)58)37-14-15-38(55)49-40(37)57/h5-13,24,26,28,37,42-43H,14-23,27H2,1-4H3,(H,50,56)(H,49,55,57)/t37-,42-,43-/m0/s1. The summed E-state index contributed by atoms with van der Waals surface area (Å²) in [5, 5.41) is 20.9. The molecule has 2 N–H and O–H groups in total. The van der Waals surface area contributed by atoms with Gasteiger partial charge in [0, 0.05) is 97.5 Å². The van der Waals surface area contributed by atoms with Crippen molar-refractivity contribution in [2.24, 2.45) is 16.7 Å². The fourth-order valence-electron chi connectivity index (χ4n) is 10.1. The fraction of sp³-hybridized carbons (Fsp3) is 0.467. The average molecular weight is 819 g/mol. The maximum atomic E-state index is 13.5. The number of piperazine rings is 1. The average Bonchev–Trinajstić information content (AvgIpc) is 3.23. The van der Waals surface area contributed by atoms with E-state index in [9.17, 15) is 24.4 Å². The summed E-state index contributed by atoms with van der Waals surface area (Å²) in [5.41, 5.74) is 2.11. The maximum absolute atomic E-state index is 13.5. The minimum absolute atomic E-state index is 0.105. The highest BCUT2D eigenvalue weighted by atomic mass is 35.5. The first-order valence-electron chi connectivity index (χ1n) is 20.6. The van der Waals surface area contributed by atoms with Crippen molar-refractivity contribution in [3.05, 3.63) is 93.4 Å². The zero-order valence-corrected chi connectivity index (χ0v) is 34.8. The normalized spacial score (nSPS) is 23.3. The number of nitrogens with zero attached hydrogens (tertiary/aromatic N) is 6. The third-order valence-corrected chi connectivity index (χ3v) is 13.4. The molecule has 1 aromatic heterocycles. The highest BCUT2D eigenvalue weighted by Crippen LogP contribution is 2.55. The third-order valence-electron chi connectivity index (χ3n) is 13.1. The lowest BCUT2D eigenvalue weighted by Gasteiger charge is -2.63. The van der Waals surface area contributed by atoms with Gasteiger partial charge in [-0.15, -0.1) is 0 Å². The number of rotatable bonds is 9. The first-order chi connectivity index (χ1) is 28.2. The second-order valence-electron chi connectivity index (χ2n) is 17.7. The number of nitriles is 1. The number of aromatic nitrogens is 2. The molecule has 1 saturated carbocycles. The number of ether oxygens (including phenoxy) is 1. The van der Waals surface area contributed by atoms with E-state index in [1.54, 1.807) is 30.5 Å². The molecule has 3 saturated heterocycles. The van der Waals surface area contributed by atoms with Crippen LogP contribution in [-0.4, -0.2) is 90.4 Å². The zero-order valence-electron chi connectivity index (χ0n) is 34.0. The predicted octanol–water partition coefficient (Wildman–Crippen LogP) is 5.55. The van der Waals surface area contributed by atoms with E-state index in [1.807, 2.05) is 24.3 Å². The summed E-state index contributed by atoms with van der Waals surface area (Å²) >= 11 is 6.26. The molecule has 59 heavy (non-hydrogen) atoms. The van der Waals surface area contributed by atoms with Crippen LogP contribution >= 0.6 is 11.6 Å². The van der Waals surface area contributed by atoms with Crippen molar-refractivity contribution < 1.29 is 19.1 Å². The van der Waals surface area contributed by atoms with Gasteiger partial charge in [0.2, 0.25) is 5.91 Å². The number of imide groups is 1. The largest absolute Gasteiger partial charge is 0.489 e. The molecule has 14 heteroatoms. The first kappa shape index (κ1) is 40.3. The van der Waals surface area contributed by atoms with Gasteiger partial charge in [-0.25, -0.2) is 4.68 Å². The van der Waals surface area contributed by atoms with Crippen molar-refractivity contribution in [1.29, 1.82) is 5.26 Å². The number of carbonyl (C=O) groups is 3. The Hall–Kier alpha value is -5.45. The highest BCUT2D eigenvalue weighted by molar-refractivity contribution is 6.31. The Kier molecular flexibility index (Phi) is 10.9. The Labute approximate surface area is 349 Å². The molecule has 4 fully saturated rings. The molecule has 0 unspecified atom stereocenters. The Balaban J connectivity index is 0.807. The van der Waals surface area contributed by atoms with Crippen LogP contribution in [0.3, 0.4) is 0 Å². The van der Waals surface area contributed by atoms with Gasteiger partial charge in [-0.2, -0.15) is 10.4 Å². The second kappa shape index (κ2) is 16.0. The van der Waals surface area contributed by atoms with Gasteiger partial charge in [0.25, 0.3) is 17.4 Å². The van der Waals surface area contributed by atoms with Crippen LogP contribution < -0.4 is 30.7 Å². The lowest BCUT2D eigenvalue weighted by Crippen LogP contribution is -2.74. The summed E-state index contributed by atoms with van der Waals surface area (Å²) in [7, 11) is 0. The van der Waals surface area contributed by atoms with Gasteiger partial charge < -0.3 is 19.9 Å². The monoisotopic (exact) mass is 818 g/mol. The molecule has 4 heterocycles. The summed E-state index contributed by atoms with van der Waals surface area (Å²) in [6, 6.07) is 19.9. The van der Waals surface area contributed by atoms with Gasteiger partial charge in [-0.1, -0.05) is 45.4 Å². The van der Waals surface area contributed by atoms with Gasteiger partial charge in [0.1, 0.15) is 24.0 Å². The smallest absolute Gasteiger partial charge is 0.275 e. The lowest BCUT2D eigenvalue weighted by atomic mass is 9.49. The summed E-state index contributed by atoms with van der Waals surface area (Å²) in [5.74, 6) is 0.286. The molecule has 4 aromatic rings. The van der Waals surface area contributed by atoms with Crippen LogP contribution in [0.1, 0.15) is 75.3 Å². The lowest BCUT2D eigenvalue weighted by molar-refractivity contribution is -0.164. The van der Waals surface area contributed by atoms with Crippen molar-refractivity contribution in [3.8, 4) is 11.8 Å². The third kappa shape index (κ3) is 7.76. The molecule has 1 atom stereocenters. The van der Waals surface area contributed by atoms with Crippen LogP contribution in [0.15, 0.2) is 71.7 Å². The molecule has 3 aliphatic heterocycles. The number of piperidine rings is 2. The number of fused-ring (bicyclic) bond motifs is 1. The second-order valence-corrected chi connectivity index (χ2v) is 18.1. The summed E-state index contributed by atoms with van der Waals surface area (Å²) in [4.78, 5) is 58.3. The van der Waals surface area contributed by atoms with E-state index >= 15 is 0 Å². The van der Waals surface area contributed by atoms with Crippen molar-refractivity contribution in [3.63, 3.8) is 0 Å². The van der Waals surface area contributed by atoms with Crippen molar-refractivity contribution in [1.82, 2.24) is 25.3 Å². The molecule has 1 aliphatic carbocycles. The van der Waals surface area contributed by atoms with Crippen LogP contribution in [0.25, 0.3) is 10.8 Å². The zero-order chi connectivity index (χ0) is 41.6. The summed E-state index contributed by atoms with van der Waals surface area (Å²) in [6.45, 7) is 14.9. The summed E-state index contributed by atoms with van der Waals surface area (Å²) < 4.78 is 7.61. The summed E-state index contributed by atoms with van der Waals surface area (Å²) in [6.07, 6.45) is 4.14. The topological polar surface area (TPSA) is 153 Å². The first-order valence-corrected chi connectivity index (χ1v) is 21.0. The van der Waals surface area contributed by atoms with Gasteiger partial charge >= 0.3 is 0 Å². The predicted molar refractivity (Wildman–Crippen MR) is 227 cm³/mol. The minimum Gasteiger partial charge on any atom is -0.489 e. The Morgan fingerprint density at radius 1 is 0.915 bits per heavy atom. The van der Waals surface area contributed by atoms with E-state index in [2.05, 4.69) is 76.3 Å². The molecule has 0 radical (unpaired) electrons. The van der Waals surface area contributed by atoms with Gasteiger partial charge in [0.15, 0.2) is 0 Å². The van der Waals surface area contributed by atoms with Crippen LogP contribution in [0.4, 0.5) is 11.4 Å². The number of anilines is 2. The minimum atomic E-state index is -0.790. The van der Waals surface area contributed by atoms with Gasteiger partial charge in [-0.3, -0.25) is 29.4 Å². The maximum Gasteiger partial charge on any atom is 0.275 e. The van der Waals surface area contributed by atoms with Crippen LogP contribution in [-0.2, 0) is 9.59 Å². The molecular weight excluding hydrogens is 768 g/mol. The van der Waals surface area contributed by atoms with E-state index < -0.39 is 11.9 Å². The Morgan fingerprint density at radius 2 is 1.63 bits per heavy atom. The van der Waals surface area contributed by atoms with E-state index in [1.165, 1.54) is 4.68 Å². The van der Waals surface area contributed by atoms with Gasteiger partial charge in [0.05, 0.1) is 22.2 Å². The number of hydrogen-bond donors (Lipinski definition) is 2. The quantitative estimate of drug-likeness (QED) is 0.206. The van der Waals surface area contributed by atoms with Crippen molar-refractivity contribution in [2.45, 2.75) is 71.6 Å². The molecule has 4 aliphatic rings. The molecule has 308 valence electrons. The molecule has 3 amide bonds. The SMILES string of the molecule is CC1(C)[C@H](NC(=O)c2ccc(N3CCC(CN4CCN(c5cccc6c(=O)n([C@H]7CCC(=O)NC7=O)ncc56)CC4)CC3)cc2)C(C)(C)[C@H]1Oc1ccc(C#N)c(Cl)c1. The van der Waals surface area contributed by atoms with Crippen LogP contribution in [0.5, 0.6) is 5.75 Å². The molecule has 13 nitrogen and oxygen atoms in total. The van der Waals surface area contributed by atoms with E-state index in [0.29, 0.717) is 33.2 Å².